The summed E-state index contributed by atoms with van der Waals surface area (Å²) in [6.07, 6.45) is 1.28. The first kappa shape index (κ1) is 24.8. The minimum absolute atomic E-state index is 0.153. The topological polar surface area (TPSA) is 84.7 Å². The molecule has 1 amide bonds. The minimum atomic E-state index is -1.21. The molecule has 0 saturated heterocycles. The molecule has 0 unspecified atom stereocenters. The van der Waals surface area contributed by atoms with Gasteiger partial charge in [-0.15, -0.1) is 0 Å². The monoisotopic (exact) mass is 517 g/mol. The first-order valence-corrected chi connectivity index (χ1v) is 11.5. The lowest BCUT2D eigenvalue weighted by atomic mass is 9.99. The van der Waals surface area contributed by atoms with Crippen molar-refractivity contribution in [1.82, 2.24) is 14.7 Å². The number of carboxylic acids is 1. The Labute approximate surface area is 211 Å². The molecule has 1 N–H and O–H groups in total. The Morgan fingerprint density at radius 2 is 1.83 bits per heavy atom. The Kier molecular flexibility index (Phi) is 6.62. The quantitative estimate of drug-likeness (QED) is 0.440. The van der Waals surface area contributed by atoms with Crippen LogP contribution in [0.15, 0.2) is 42.5 Å². The highest BCUT2D eigenvalue weighted by atomic mass is 35.5. The second-order valence-electron chi connectivity index (χ2n) is 8.95. The molecule has 2 aromatic carbocycles. The molecule has 0 spiro atoms. The number of carbonyl (C=O) groups is 2. The van der Waals surface area contributed by atoms with Crippen molar-refractivity contribution in [3.05, 3.63) is 80.8 Å². The number of benzene rings is 2. The molecule has 0 aliphatic carbocycles. The molecule has 35 heavy (non-hydrogen) atoms. The van der Waals surface area contributed by atoms with Crippen LogP contribution in [0.2, 0.25) is 10.0 Å². The molecular formula is C25H22Cl2FN3O4. The van der Waals surface area contributed by atoms with E-state index < -0.39 is 23.5 Å². The van der Waals surface area contributed by atoms with Crippen molar-refractivity contribution in [1.29, 1.82) is 0 Å². The van der Waals surface area contributed by atoms with E-state index in [1.807, 2.05) is 0 Å². The van der Waals surface area contributed by atoms with Gasteiger partial charge in [0.15, 0.2) is 5.69 Å². The molecule has 0 fully saturated rings. The maximum Gasteiger partial charge on any atom is 0.414 e. The van der Waals surface area contributed by atoms with Gasteiger partial charge in [0, 0.05) is 17.1 Å². The van der Waals surface area contributed by atoms with E-state index in [0.717, 1.165) is 0 Å². The second kappa shape index (κ2) is 9.36. The molecule has 4 rings (SSSR count). The van der Waals surface area contributed by atoms with Crippen molar-refractivity contribution < 1.29 is 23.8 Å². The fraction of sp³-hybridized carbons (Fsp3) is 0.240. The number of hydrogen-bond acceptors (Lipinski definition) is 4. The van der Waals surface area contributed by atoms with Crippen LogP contribution in [0.4, 0.5) is 9.18 Å². The molecule has 1 aliphatic rings. The highest BCUT2D eigenvalue weighted by Crippen LogP contribution is 2.37. The van der Waals surface area contributed by atoms with Crippen LogP contribution in [0.25, 0.3) is 17.5 Å². The lowest BCUT2D eigenvalue weighted by Crippen LogP contribution is -2.39. The lowest BCUT2D eigenvalue weighted by molar-refractivity contribution is 0.0351. The van der Waals surface area contributed by atoms with Crippen LogP contribution in [0.3, 0.4) is 0 Å². The Balaban J connectivity index is 1.98. The van der Waals surface area contributed by atoms with Gasteiger partial charge in [-0.25, -0.2) is 18.7 Å². The van der Waals surface area contributed by atoms with Crippen LogP contribution in [0.1, 0.15) is 48.1 Å². The van der Waals surface area contributed by atoms with Gasteiger partial charge in [0.1, 0.15) is 11.4 Å². The average Bonchev–Trinajstić information content (AvgIpc) is 3.14. The van der Waals surface area contributed by atoms with Crippen molar-refractivity contribution in [2.24, 2.45) is 0 Å². The van der Waals surface area contributed by atoms with Gasteiger partial charge >= 0.3 is 12.1 Å². The number of aromatic carboxylic acids is 1. The van der Waals surface area contributed by atoms with Crippen LogP contribution >= 0.6 is 23.2 Å². The fourth-order valence-corrected chi connectivity index (χ4v) is 4.28. The van der Waals surface area contributed by atoms with Gasteiger partial charge in [0.25, 0.3) is 0 Å². The highest BCUT2D eigenvalue weighted by molar-refractivity contribution is 6.35. The summed E-state index contributed by atoms with van der Waals surface area (Å²) in [5.41, 5.74) is 1.22. The SMILES string of the molecule is CC(C)(C)OC(=O)N1CCc2c(C(=O)O)nn(-c3ccc(Cl)cc3Cl)c2/C1=C\c1ccc(F)cc1. The van der Waals surface area contributed by atoms with Gasteiger partial charge in [-0.3, -0.25) is 4.90 Å². The Hall–Kier alpha value is -3.36. The molecular weight excluding hydrogens is 496 g/mol. The smallest absolute Gasteiger partial charge is 0.414 e. The molecule has 1 aliphatic heterocycles. The van der Waals surface area contributed by atoms with Gasteiger partial charge in [-0.05, 0) is 69.2 Å². The Morgan fingerprint density at radius 1 is 1.14 bits per heavy atom. The van der Waals surface area contributed by atoms with Crippen molar-refractivity contribution in [2.45, 2.75) is 32.8 Å². The van der Waals surface area contributed by atoms with Crippen LogP contribution in [-0.2, 0) is 11.2 Å². The van der Waals surface area contributed by atoms with E-state index in [2.05, 4.69) is 5.10 Å². The molecule has 3 aromatic rings. The molecule has 0 saturated carbocycles. The van der Waals surface area contributed by atoms with Crippen LogP contribution in [0.5, 0.6) is 0 Å². The summed E-state index contributed by atoms with van der Waals surface area (Å²) in [4.78, 5) is 26.7. The summed E-state index contributed by atoms with van der Waals surface area (Å²) < 4.78 is 20.5. The van der Waals surface area contributed by atoms with E-state index in [9.17, 15) is 19.1 Å². The van der Waals surface area contributed by atoms with E-state index >= 15 is 0 Å². The third-order valence-electron chi connectivity index (χ3n) is 5.23. The van der Waals surface area contributed by atoms with Crippen molar-refractivity contribution in [2.75, 3.05) is 6.54 Å². The minimum Gasteiger partial charge on any atom is -0.476 e. The molecule has 0 radical (unpaired) electrons. The summed E-state index contributed by atoms with van der Waals surface area (Å²) in [6, 6.07) is 10.4. The summed E-state index contributed by atoms with van der Waals surface area (Å²) >= 11 is 12.5. The van der Waals surface area contributed by atoms with Gasteiger partial charge in [-0.1, -0.05) is 35.3 Å². The largest absolute Gasteiger partial charge is 0.476 e. The number of amides is 1. The molecule has 2 heterocycles. The third kappa shape index (κ3) is 5.18. The number of halogens is 3. The Bertz CT molecular complexity index is 1340. The van der Waals surface area contributed by atoms with Crippen molar-refractivity contribution >= 4 is 47.0 Å². The number of carboxylic acid groups (broad SMARTS) is 1. The zero-order chi connectivity index (χ0) is 25.5. The van der Waals surface area contributed by atoms with Gasteiger partial charge in [0.05, 0.1) is 22.1 Å². The van der Waals surface area contributed by atoms with Crippen LogP contribution in [-0.4, -0.2) is 44.0 Å². The van der Waals surface area contributed by atoms with Crippen LogP contribution in [0, 0.1) is 5.82 Å². The van der Waals surface area contributed by atoms with E-state index in [1.54, 1.807) is 51.1 Å². The van der Waals surface area contributed by atoms with Gasteiger partial charge in [0.2, 0.25) is 0 Å². The zero-order valence-electron chi connectivity index (χ0n) is 19.2. The molecule has 0 bridgehead atoms. The predicted octanol–water partition coefficient (Wildman–Crippen LogP) is 6.31. The first-order chi connectivity index (χ1) is 16.4. The number of ether oxygens (including phenoxy) is 1. The number of hydrogen-bond donors (Lipinski definition) is 1. The highest BCUT2D eigenvalue weighted by Gasteiger charge is 2.36. The molecule has 1 aromatic heterocycles. The normalized spacial score (nSPS) is 14.7. The zero-order valence-corrected chi connectivity index (χ0v) is 20.7. The van der Waals surface area contributed by atoms with Crippen LogP contribution < -0.4 is 0 Å². The van der Waals surface area contributed by atoms with Crippen molar-refractivity contribution in [3.8, 4) is 5.69 Å². The Morgan fingerprint density at radius 3 is 2.43 bits per heavy atom. The standard InChI is InChI=1S/C25H22Cl2FN3O4/c1-25(2,3)35-24(34)30-11-10-17-21(23(32)33)29-31(19-9-6-15(26)13-18(19)27)22(17)20(30)12-14-4-7-16(28)8-5-14/h4-9,12-13H,10-11H2,1-3H3,(H,32,33)/b20-12+. The fourth-order valence-electron chi connectivity index (χ4n) is 3.79. The van der Waals surface area contributed by atoms with Gasteiger partial charge < -0.3 is 9.84 Å². The average molecular weight is 518 g/mol. The van der Waals surface area contributed by atoms with Crippen molar-refractivity contribution in [3.63, 3.8) is 0 Å². The summed E-state index contributed by atoms with van der Waals surface area (Å²) in [5.74, 6) is -1.62. The third-order valence-corrected chi connectivity index (χ3v) is 5.77. The number of nitrogens with zero attached hydrogens (tertiary/aromatic N) is 3. The number of aromatic nitrogens is 2. The summed E-state index contributed by atoms with van der Waals surface area (Å²) in [5, 5.41) is 14.8. The molecule has 182 valence electrons. The molecule has 10 heteroatoms. The van der Waals surface area contributed by atoms with E-state index in [1.165, 1.54) is 27.8 Å². The van der Waals surface area contributed by atoms with E-state index in [4.69, 9.17) is 27.9 Å². The maximum atomic E-state index is 13.5. The summed E-state index contributed by atoms with van der Waals surface area (Å²) in [7, 11) is 0. The maximum absolute atomic E-state index is 13.5. The summed E-state index contributed by atoms with van der Waals surface area (Å²) in [6.45, 7) is 5.42. The number of carbonyl (C=O) groups excluding carboxylic acids is 1. The number of fused-ring (bicyclic) bond motifs is 1. The first-order valence-electron chi connectivity index (χ1n) is 10.7. The number of rotatable bonds is 3. The van der Waals surface area contributed by atoms with E-state index in [-0.39, 0.29) is 23.7 Å². The molecule has 7 nitrogen and oxygen atoms in total. The van der Waals surface area contributed by atoms with Gasteiger partial charge in [-0.2, -0.15) is 5.10 Å². The lowest BCUT2D eigenvalue weighted by Gasteiger charge is -2.32. The predicted molar refractivity (Wildman–Crippen MR) is 131 cm³/mol. The molecule has 0 atom stereocenters. The second-order valence-corrected chi connectivity index (χ2v) is 9.80. The van der Waals surface area contributed by atoms with E-state index in [0.29, 0.717) is 33.2 Å².